The van der Waals surface area contributed by atoms with Gasteiger partial charge in [0.25, 0.3) is 0 Å². The molecular formula is C19H27N3O2. The summed E-state index contributed by atoms with van der Waals surface area (Å²) in [6, 6.07) is 10.3. The third-order valence-corrected chi connectivity index (χ3v) is 4.43. The molecule has 0 amide bonds. The standard InChI is InChI=1S/C19H27N3O2/c23-10-9-21(16-19-8-4-5-11-24-19)13-18-12-20-22(15-18)14-17-6-2-1-3-7-17/h1-3,6-7,12,15,19,23H,4-5,8-11,13-14,16H2. The van der Waals surface area contributed by atoms with E-state index in [1.54, 1.807) is 0 Å². The third-order valence-electron chi connectivity index (χ3n) is 4.43. The Hall–Kier alpha value is -1.69. The second-order valence-corrected chi connectivity index (χ2v) is 6.48. The first-order valence-electron chi connectivity index (χ1n) is 8.83. The van der Waals surface area contributed by atoms with E-state index >= 15 is 0 Å². The van der Waals surface area contributed by atoms with Gasteiger partial charge in [-0.15, -0.1) is 0 Å². The van der Waals surface area contributed by atoms with Gasteiger partial charge in [0.1, 0.15) is 0 Å². The van der Waals surface area contributed by atoms with Crippen molar-refractivity contribution in [2.75, 3.05) is 26.3 Å². The summed E-state index contributed by atoms with van der Waals surface area (Å²) in [6.45, 7) is 4.17. The molecule has 1 aromatic heterocycles. The van der Waals surface area contributed by atoms with E-state index in [2.05, 4.69) is 28.3 Å². The van der Waals surface area contributed by atoms with Crippen LogP contribution in [0.3, 0.4) is 0 Å². The van der Waals surface area contributed by atoms with Crippen LogP contribution in [0.2, 0.25) is 0 Å². The van der Waals surface area contributed by atoms with Gasteiger partial charge in [-0.05, 0) is 24.8 Å². The molecule has 0 bridgehead atoms. The van der Waals surface area contributed by atoms with Crippen LogP contribution >= 0.6 is 0 Å². The van der Waals surface area contributed by atoms with Gasteiger partial charge in [0, 0.05) is 38.0 Å². The molecular weight excluding hydrogens is 302 g/mol. The second kappa shape index (κ2) is 8.97. The van der Waals surface area contributed by atoms with Crippen LogP contribution in [0, 0.1) is 0 Å². The van der Waals surface area contributed by atoms with Gasteiger partial charge in [-0.3, -0.25) is 9.58 Å². The van der Waals surface area contributed by atoms with Gasteiger partial charge < -0.3 is 9.84 Å². The highest BCUT2D eigenvalue weighted by Crippen LogP contribution is 2.15. The van der Waals surface area contributed by atoms with E-state index in [-0.39, 0.29) is 6.61 Å². The molecule has 5 nitrogen and oxygen atoms in total. The zero-order chi connectivity index (χ0) is 16.6. The smallest absolute Gasteiger partial charge is 0.0702 e. The lowest BCUT2D eigenvalue weighted by molar-refractivity contribution is -0.00949. The molecule has 3 rings (SSSR count). The number of nitrogens with zero attached hydrogens (tertiary/aromatic N) is 3. The van der Waals surface area contributed by atoms with Crippen LogP contribution in [-0.4, -0.2) is 52.2 Å². The summed E-state index contributed by atoms with van der Waals surface area (Å²) in [5.41, 5.74) is 2.42. The van der Waals surface area contributed by atoms with Crippen molar-refractivity contribution in [3.8, 4) is 0 Å². The first-order valence-corrected chi connectivity index (χ1v) is 8.83. The van der Waals surface area contributed by atoms with Gasteiger partial charge in [-0.2, -0.15) is 5.10 Å². The molecule has 0 saturated carbocycles. The molecule has 1 unspecified atom stereocenters. The summed E-state index contributed by atoms with van der Waals surface area (Å²) in [6.07, 6.45) is 7.85. The fourth-order valence-corrected chi connectivity index (χ4v) is 3.22. The van der Waals surface area contributed by atoms with Gasteiger partial charge in [-0.25, -0.2) is 0 Å². The van der Waals surface area contributed by atoms with Crippen molar-refractivity contribution in [3.63, 3.8) is 0 Å². The van der Waals surface area contributed by atoms with Gasteiger partial charge in [0.05, 0.1) is 25.5 Å². The highest BCUT2D eigenvalue weighted by atomic mass is 16.5. The normalized spacial score (nSPS) is 18.2. The van der Waals surface area contributed by atoms with Crippen molar-refractivity contribution < 1.29 is 9.84 Å². The molecule has 2 heterocycles. The molecule has 1 fully saturated rings. The molecule has 24 heavy (non-hydrogen) atoms. The third kappa shape index (κ3) is 5.16. The van der Waals surface area contributed by atoms with E-state index in [4.69, 9.17) is 4.74 Å². The maximum Gasteiger partial charge on any atom is 0.0702 e. The van der Waals surface area contributed by atoms with Crippen molar-refractivity contribution in [2.45, 2.75) is 38.5 Å². The van der Waals surface area contributed by atoms with Crippen LogP contribution in [0.1, 0.15) is 30.4 Å². The molecule has 5 heteroatoms. The molecule has 130 valence electrons. The summed E-state index contributed by atoms with van der Waals surface area (Å²) < 4.78 is 7.80. The monoisotopic (exact) mass is 329 g/mol. The number of benzene rings is 1. The average molecular weight is 329 g/mol. The fraction of sp³-hybridized carbons (Fsp3) is 0.526. The Morgan fingerprint density at radius 3 is 2.83 bits per heavy atom. The van der Waals surface area contributed by atoms with E-state index in [9.17, 15) is 5.11 Å². The zero-order valence-corrected chi connectivity index (χ0v) is 14.2. The minimum Gasteiger partial charge on any atom is -0.395 e. The highest BCUT2D eigenvalue weighted by molar-refractivity contribution is 5.15. The number of aliphatic hydroxyl groups is 1. The minimum absolute atomic E-state index is 0.172. The van der Waals surface area contributed by atoms with Crippen molar-refractivity contribution >= 4 is 0 Å². The van der Waals surface area contributed by atoms with Crippen LogP contribution in [0.4, 0.5) is 0 Å². The summed E-state index contributed by atoms with van der Waals surface area (Å²) in [5, 5.41) is 13.8. The number of rotatable bonds is 8. The Balaban J connectivity index is 1.56. The lowest BCUT2D eigenvalue weighted by atomic mass is 10.1. The molecule has 0 spiro atoms. The molecule has 1 saturated heterocycles. The molecule has 1 N–H and O–H groups in total. The SMILES string of the molecule is OCCN(Cc1cnn(Cc2ccccc2)c1)CC1CCCCO1. The Kier molecular flexibility index (Phi) is 6.41. The van der Waals surface area contributed by atoms with Crippen molar-refractivity contribution in [2.24, 2.45) is 0 Å². The van der Waals surface area contributed by atoms with Crippen molar-refractivity contribution in [1.82, 2.24) is 14.7 Å². The molecule has 1 aliphatic heterocycles. The maximum absolute atomic E-state index is 9.34. The molecule has 0 radical (unpaired) electrons. The maximum atomic E-state index is 9.34. The van der Waals surface area contributed by atoms with Crippen LogP contribution in [0.5, 0.6) is 0 Å². The Morgan fingerprint density at radius 2 is 2.08 bits per heavy atom. The average Bonchev–Trinajstić information content (AvgIpc) is 3.04. The largest absolute Gasteiger partial charge is 0.395 e. The summed E-state index contributed by atoms with van der Waals surface area (Å²) in [7, 11) is 0. The van der Waals surface area contributed by atoms with Crippen LogP contribution in [0.15, 0.2) is 42.7 Å². The Bertz CT molecular complexity index is 594. The highest BCUT2D eigenvalue weighted by Gasteiger charge is 2.18. The molecule has 1 aromatic carbocycles. The minimum atomic E-state index is 0.172. The number of hydrogen-bond acceptors (Lipinski definition) is 4. The van der Waals surface area contributed by atoms with E-state index < -0.39 is 0 Å². The lowest BCUT2D eigenvalue weighted by Gasteiger charge is -2.29. The van der Waals surface area contributed by atoms with E-state index in [0.717, 1.165) is 32.7 Å². The van der Waals surface area contributed by atoms with E-state index in [1.807, 2.05) is 29.1 Å². The van der Waals surface area contributed by atoms with E-state index in [1.165, 1.54) is 24.0 Å². The van der Waals surface area contributed by atoms with Gasteiger partial charge in [0.2, 0.25) is 0 Å². The number of aromatic nitrogens is 2. The number of aliphatic hydroxyl groups excluding tert-OH is 1. The number of ether oxygens (including phenoxy) is 1. The van der Waals surface area contributed by atoms with Gasteiger partial charge in [0.15, 0.2) is 0 Å². The van der Waals surface area contributed by atoms with Crippen LogP contribution in [0.25, 0.3) is 0 Å². The van der Waals surface area contributed by atoms with Crippen LogP contribution in [-0.2, 0) is 17.8 Å². The van der Waals surface area contributed by atoms with E-state index in [0.29, 0.717) is 12.6 Å². The van der Waals surface area contributed by atoms with Gasteiger partial charge >= 0.3 is 0 Å². The predicted octanol–water partition coefficient (Wildman–Crippen LogP) is 2.29. The van der Waals surface area contributed by atoms with Crippen LogP contribution < -0.4 is 0 Å². The molecule has 2 aromatic rings. The summed E-state index contributed by atoms with van der Waals surface area (Å²) in [5.74, 6) is 0. The lowest BCUT2D eigenvalue weighted by Crippen LogP contribution is -2.37. The molecule has 1 aliphatic rings. The van der Waals surface area contributed by atoms with Crippen molar-refractivity contribution in [1.29, 1.82) is 0 Å². The summed E-state index contributed by atoms with van der Waals surface area (Å²) >= 11 is 0. The van der Waals surface area contributed by atoms with Gasteiger partial charge in [-0.1, -0.05) is 30.3 Å². The first kappa shape index (κ1) is 17.1. The Labute approximate surface area is 143 Å². The fourth-order valence-electron chi connectivity index (χ4n) is 3.22. The quantitative estimate of drug-likeness (QED) is 0.807. The number of hydrogen-bond donors (Lipinski definition) is 1. The molecule has 1 atom stereocenters. The van der Waals surface area contributed by atoms with Crippen molar-refractivity contribution in [3.05, 3.63) is 53.9 Å². The zero-order valence-electron chi connectivity index (χ0n) is 14.2. The second-order valence-electron chi connectivity index (χ2n) is 6.48. The first-order chi connectivity index (χ1) is 11.8. The molecule has 0 aliphatic carbocycles. The topological polar surface area (TPSA) is 50.5 Å². The summed E-state index contributed by atoms with van der Waals surface area (Å²) in [4.78, 5) is 2.26. The predicted molar refractivity (Wildman–Crippen MR) is 93.7 cm³/mol. The Morgan fingerprint density at radius 1 is 1.21 bits per heavy atom.